The first kappa shape index (κ1) is 49.9. The number of hydrogen-bond acceptors (Lipinski definition) is 0. The predicted molar refractivity (Wildman–Crippen MR) is 252 cm³/mol. The zero-order valence-electron chi connectivity index (χ0n) is 34.7. The fourth-order valence-corrected chi connectivity index (χ4v) is 8.60. The Morgan fingerprint density at radius 3 is 1.20 bits per heavy atom. The van der Waals surface area contributed by atoms with E-state index in [0.29, 0.717) is 0 Å². The molecule has 2 radical (unpaired) electrons. The van der Waals surface area contributed by atoms with Gasteiger partial charge >= 0.3 is 30.2 Å². The van der Waals surface area contributed by atoms with Gasteiger partial charge in [-0.05, 0) is 49.7 Å². The summed E-state index contributed by atoms with van der Waals surface area (Å²) >= 11 is 1.36. The van der Waals surface area contributed by atoms with Gasteiger partial charge in [-0.25, -0.2) is 0 Å². The van der Waals surface area contributed by atoms with Crippen molar-refractivity contribution >= 4 is 53.2 Å². The van der Waals surface area contributed by atoms with Crippen LogP contribution >= 0.6 is 24.8 Å². The van der Waals surface area contributed by atoms with Crippen molar-refractivity contribution in [2.75, 3.05) is 0 Å². The van der Waals surface area contributed by atoms with Gasteiger partial charge < -0.3 is 14.4 Å². The molecule has 0 unspecified atom stereocenters. The second-order valence-electron chi connectivity index (χ2n) is 15.7. The number of aryl methyl sites for hydroxylation is 2. The van der Waals surface area contributed by atoms with E-state index >= 15 is 0 Å². The zero-order chi connectivity index (χ0) is 37.4. The van der Waals surface area contributed by atoms with E-state index in [-0.39, 0.29) is 32.2 Å². The molecule has 6 aromatic rings. The van der Waals surface area contributed by atoms with Gasteiger partial charge in [0.15, 0.2) is 0 Å². The minimum atomic E-state index is 0. The van der Waals surface area contributed by atoms with Crippen molar-refractivity contribution in [3.05, 3.63) is 146 Å². The summed E-state index contributed by atoms with van der Waals surface area (Å²) < 4.78 is 0. The van der Waals surface area contributed by atoms with E-state index in [1.807, 2.05) is 6.92 Å². The number of halogens is 2. The molecule has 0 bridgehead atoms. The van der Waals surface area contributed by atoms with Crippen LogP contribution in [0.1, 0.15) is 113 Å². The summed E-state index contributed by atoms with van der Waals surface area (Å²) in [5, 5.41) is 5.64. The Morgan fingerprint density at radius 1 is 0.554 bits per heavy atom. The molecule has 4 heteroatoms. The van der Waals surface area contributed by atoms with E-state index in [2.05, 4.69) is 137 Å². The van der Waals surface area contributed by atoms with Gasteiger partial charge in [-0.2, -0.15) is 18.6 Å². The van der Waals surface area contributed by atoms with Gasteiger partial charge in [0.2, 0.25) is 0 Å². The number of benzene rings is 4. The fourth-order valence-electron chi connectivity index (χ4n) is 8.60. The van der Waals surface area contributed by atoms with E-state index in [9.17, 15) is 0 Å². The van der Waals surface area contributed by atoms with Crippen LogP contribution < -0.4 is 0 Å². The molecule has 0 nitrogen and oxygen atoms in total. The van der Waals surface area contributed by atoms with E-state index in [1.165, 1.54) is 179 Å². The van der Waals surface area contributed by atoms with Crippen LogP contribution in [0.4, 0.5) is 0 Å². The van der Waals surface area contributed by atoms with E-state index in [0.717, 1.165) is 18.3 Å². The number of fused-ring (bicyclic) bond motifs is 2. The van der Waals surface area contributed by atoms with Crippen molar-refractivity contribution in [1.29, 1.82) is 0 Å². The Morgan fingerprint density at radius 2 is 0.875 bits per heavy atom. The zero-order valence-corrected chi connectivity index (χ0v) is 39.8. The third kappa shape index (κ3) is 14.6. The van der Waals surface area contributed by atoms with Crippen LogP contribution in [0.5, 0.6) is 0 Å². The first-order valence-corrected chi connectivity index (χ1v) is 24.7. The van der Waals surface area contributed by atoms with Crippen LogP contribution in [0.3, 0.4) is 0 Å². The van der Waals surface area contributed by atoms with Crippen molar-refractivity contribution in [2.24, 2.45) is 11.8 Å². The quantitative estimate of drug-likeness (QED) is 0.0888. The third-order valence-corrected chi connectivity index (χ3v) is 11.3. The van der Waals surface area contributed by atoms with Gasteiger partial charge in [0.05, 0.1) is 0 Å². The maximum absolute atomic E-state index is 3.49. The average molecular weight is 881 g/mol. The molecule has 300 valence electrons. The van der Waals surface area contributed by atoms with Crippen LogP contribution in [0.15, 0.2) is 109 Å². The predicted octanol–water partition coefficient (Wildman–Crippen LogP) is 16.2. The summed E-state index contributed by atoms with van der Waals surface area (Å²) in [6.45, 7) is 12.9. The molecule has 2 aliphatic rings. The summed E-state index contributed by atoms with van der Waals surface area (Å²) in [5.74, 6) is 1.79. The molecule has 56 heavy (non-hydrogen) atoms. The normalized spacial score (nSPS) is 14.4. The molecule has 0 atom stereocenters. The van der Waals surface area contributed by atoms with Crippen molar-refractivity contribution in [3.63, 3.8) is 0 Å². The number of hydrogen-bond donors (Lipinski definition) is 0. The monoisotopic (exact) mass is 878 g/mol. The molecular formula is C52H66Cl2SiZr-4. The molecular weight excluding hydrogens is 815 g/mol. The fraction of sp³-hybridized carbons (Fsp3) is 0.385. The van der Waals surface area contributed by atoms with Crippen molar-refractivity contribution in [1.82, 2.24) is 0 Å². The molecule has 0 aromatic heterocycles. The topological polar surface area (TPSA) is 0 Å². The summed E-state index contributed by atoms with van der Waals surface area (Å²) in [6, 6.07) is 41.1. The molecule has 2 saturated carbocycles. The van der Waals surface area contributed by atoms with E-state index < -0.39 is 0 Å². The van der Waals surface area contributed by atoms with Gasteiger partial charge in [0, 0.05) is 0 Å². The van der Waals surface area contributed by atoms with Gasteiger partial charge in [0.25, 0.3) is 0 Å². The first-order chi connectivity index (χ1) is 26.0. The van der Waals surface area contributed by atoms with Crippen LogP contribution in [-0.4, -0.2) is 6.88 Å². The second-order valence-corrected chi connectivity index (χ2v) is 15.7. The molecule has 0 saturated heterocycles. The SMILES string of the molecule is Cc1ccc(-c2cccc3[cH-]c(CC4CCCCCC4)cc23)cc1.Cc1ccc(-c2cccc3[cH-]c(CC4CCCCCC4)cc23)cc1.Cl.Cl.[CH2-]CC.[CH3-].[Si]=[Zr]. The van der Waals surface area contributed by atoms with Gasteiger partial charge in [-0.3, -0.25) is 0 Å². The Kier molecular flexibility index (Phi) is 23.8. The van der Waals surface area contributed by atoms with Gasteiger partial charge in [-0.1, -0.05) is 167 Å². The van der Waals surface area contributed by atoms with E-state index in [1.54, 1.807) is 0 Å². The summed E-state index contributed by atoms with van der Waals surface area (Å²) in [7, 11) is 0. The Bertz CT molecular complexity index is 1790. The summed E-state index contributed by atoms with van der Waals surface area (Å²) in [6.07, 6.45) is 20.7. The standard InChI is InChI=1S/2C24H27.C3H7.CH3.2ClH.Si.Zr/c2*1-18-11-13-21(14-12-18)23-10-6-9-22-16-20(17-24(22)23)15-19-7-4-2-3-5-8-19;1-3-2;;;;;/h2*6,9-14,16-17,19H,2-5,7-8,15H2,1H3;1,3H2,2H3;1H3;2*1H;;/q4*-1;;;;. The van der Waals surface area contributed by atoms with Gasteiger partial charge in [0.1, 0.15) is 0 Å². The van der Waals surface area contributed by atoms with Gasteiger partial charge in [-0.15, -0.1) is 93.9 Å². The average Bonchev–Trinajstić information content (AvgIpc) is 3.56. The molecule has 0 amide bonds. The Labute approximate surface area is 370 Å². The van der Waals surface area contributed by atoms with Crippen LogP contribution in [-0.2, 0) is 36.2 Å². The molecule has 2 fully saturated rings. The maximum atomic E-state index is 3.49. The summed E-state index contributed by atoms with van der Waals surface area (Å²) in [4.78, 5) is 0. The Hall–Kier alpha value is -2.22. The summed E-state index contributed by atoms with van der Waals surface area (Å²) in [5.41, 5.74) is 11.1. The van der Waals surface area contributed by atoms with Crippen LogP contribution in [0, 0.1) is 40.0 Å². The second kappa shape index (κ2) is 26.7. The molecule has 0 heterocycles. The molecule has 0 spiro atoms. The molecule has 2 aliphatic carbocycles. The van der Waals surface area contributed by atoms with Crippen LogP contribution in [0.2, 0.25) is 0 Å². The molecule has 0 N–H and O–H groups in total. The van der Waals surface area contributed by atoms with Crippen molar-refractivity contribution in [3.8, 4) is 22.3 Å². The first-order valence-electron chi connectivity index (χ1n) is 20.6. The molecule has 8 rings (SSSR count). The van der Waals surface area contributed by atoms with Crippen molar-refractivity contribution < 1.29 is 23.3 Å². The Balaban J connectivity index is 0.000000331. The molecule has 0 aliphatic heterocycles. The minimum absolute atomic E-state index is 0. The van der Waals surface area contributed by atoms with Crippen molar-refractivity contribution in [2.45, 2.75) is 117 Å². The van der Waals surface area contributed by atoms with E-state index in [4.69, 9.17) is 0 Å². The van der Waals surface area contributed by atoms with Crippen LogP contribution in [0.25, 0.3) is 43.8 Å². The third-order valence-electron chi connectivity index (χ3n) is 11.3. The molecule has 6 aromatic carbocycles. The number of rotatable bonds is 6.